The Morgan fingerprint density at radius 2 is 2.25 bits per heavy atom. The standard InChI is InChI=1S/C13H15N3O3S/c1-16(11-4-5-20(18,19)8-11)13(17)9-2-3-10-7-14-15-12(10)6-9/h2-3,6-7,11H,4-5,8H2,1H3,(H,14,15). The van der Waals surface area contributed by atoms with Gasteiger partial charge in [0.15, 0.2) is 9.84 Å². The lowest BCUT2D eigenvalue weighted by molar-refractivity contribution is 0.0748. The number of nitrogens with one attached hydrogen (secondary N) is 1. The van der Waals surface area contributed by atoms with E-state index in [1.165, 1.54) is 4.90 Å². The number of carbonyl (C=O) groups is 1. The maximum Gasteiger partial charge on any atom is 0.253 e. The van der Waals surface area contributed by atoms with Crippen molar-refractivity contribution >= 4 is 26.6 Å². The van der Waals surface area contributed by atoms with Gasteiger partial charge in [0, 0.05) is 24.0 Å². The average molecular weight is 293 g/mol. The van der Waals surface area contributed by atoms with Crippen LogP contribution < -0.4 is 0 Å². The molecular formula is C13H15N3O3S. The predicted molar refractivity (Wildman–Crippen MR) is 75.2 cm³/mol. The van der Waals surface area contributed by atoms with E-state index in [1.807, 2.05) is 6.07 Å². The Morgan fingerprint density at radius 1 is 1.45 bits per heavy atom. The molecule has 0 radical (unpaired) electrons. The molecule has 1 atom stereocenters. The molecule has 1 fully saturated rings. The second-order valence-electron chi connectivity index (χ2n) is 5.14. The number of aromatic nitrogens is 2. The van der Waals surface area contributed by atoms with Crippen LogP contribution in [-0.4, -0.2) is 54.0 Å². The summed E-state index contributed by atoms with van der Waals surface area (Å²) >= 11 is 0. The molecule has 1 aliphatic rings. The summed E-state index contributed by atoms with van der Waals surface area (Å²) in [5.41, 5.74) is 1.33. The first kappa shape index (κ1) is 13.1. The Balaban J connectivity index is 1.84. The normalized spacial score (nSPS) is 21.1. The number of carbonyl (C=O) groups excluding carboxylic acids is 1. The van der Waals surface area contributed by atoms with Gasteiger partial charge in [0.2, 0.25) is 0 Å². The Labute approximate surface area is 116 Å². The molecule has 2 aromatic rings. The molecule has 1 N–H and O–H groups in total. The van der Waals surface area contributed by atoms with Crippen LogP contribution >= 0.6 is 0 Å². The summed E-state index contributed by atoms with van der Waals surface area (Å²) in [6.07, 6.45) is 2.20. The minimum Gasteiger partial charge on any atom is -0.338 e. The highest BCUT2D eigenvalue weighted by Crippen LogP contribution is 2.20. The second kappa shape index (κ2) is 4.59. The van der Waals surface area contributed by atoms with Gasteiger partial charge in [-0.05, 0) is 18.6 Å². The highest BCUT2D eigenvalue weighted by atomic mass is 32.2. The van der Waals surface area contributed by atoms with Crippen molar-refractivity contribution in [2.24, 2.45) is 0 Å². The van der Waals surface area contributed by atoms with Gasteiger partial charge in [0.25, 0.3) is 5.91 Å². The molecular weight excluding hydrogens is 278 g/mol. The quantitative estimate of drug-likeness (QED) is 0.888. The van der Waals surface area contributed by atoms with Gasteiger partial charge in [0.05, 0.1) is 23.2 Å². The lowest BCUT2D eigenvalue weighted by Gasteiger charge is -2.23. The first-order valence-electron chi connectivity index (χ1n) is 6.37. The van der Waals surface area contributed by atoms with Crippen LogP contribution in [0.3, 0.4) is 0 Å². The summed E-state index contributed by atoms with van der Waals surface area (Å²) in [5, 5.41) is 7.67. The van der Waals surface area contributed by atoms with Gasteiger partial charge >= 0.3 is 0 Å². The number of benzene rings is 1. The van der Waals surface area contributed by atoms with Crippen molar-refractivity contribution in [1.82, 2.24) is 15.1 Å². The summed E-state index contributed by atoms with van der Waals surface area (Å²) in [6.45, 7) is 0. The smallest absolute Gasteiger partial charge is 0.253 e. The number of rotatable bonds is 2. The van der Waals surface area contributed by atoms with Crippen molar-refractivity contribution in [3.8, 4) is 0 Å². The summed E-state index contributed by atoms with van der Waals surface area (Å²) in [5.74, 6) is 0.0553. The number of hydrogen-bond acceptors (Lipinski definition) is 4. The number of fused-ring (bicyclic) bond motifs is 1. The highest BCUT2D eigenvalue weighted by molar-refractivity contribution is 7.91. The van der Waals surface area contributed by atoms with E-state index in [2.05, 4.69) is 10.2 Å². The number of hydrogen-bond donors (Lipinski definition) is 1. The van der Waals surface area contributed by atoms with E-state index in [0.29, 0.717) is 12.0 Å². The fourth-order valence-electron chi connectivity index (χ4n) is 2.52. The largest absolute Gasteiger partial charge is 0.338 e. The van der Waals surface area contributed by atoms with Gasteiger partial charge in [-0.1, -0.05) is 6.07 Å². The minimum absolute atomic E-state index is 0.0571. The maximum atomic E-state index is 12.4. The fraction of sp³-hybridized carbons (Fsp3) is 0.385. The molecule has 2 heterocycles. The van der Waals surface area contributed by atoms with Gasteiger partial charge < -0.3 is 4.90 Å². The molecule has 1 aromatic heterocycles. The third-order valence-corrected chi connectivity index (χ3v) is 5.52. The Morgan fingerprint density at radius 3 is 2.95 bits per heavy atom. The van der Waals surface area contributed by atoms with Crippen molar-refractivity contribution in [3.63, 3.8) is 0 Å². The monoisotopic (exact) mass is 293 g/mol. The molecule has 1 aromatic carbocycles. The van der Waals surface area contributed by atoms with Gasteiger partial charge in [-0.25, -0.2) is 8.42 Å². The molecule has 1 saturated heterocycles. The minimum atomic E-state index is -2.99. The molecule has 0 spiro atoms. The number of H-pyrrole nitrogens is 1. The van der Waals surface area contributed by atoms with Crippen LogP contribution in [0.5, 0.6) is 0 Å². The molecule has 20 heavy (non-hydrogen) atoms. The second-order valence-corrected chi connectivity index (χ2v) is 7.37. The Kier molecular flexibility index (Phi) is 3.01. The number of sulfone groups is 1. The van der Waals surface area contributed by atoms with Crippen LogP contribution in [0.15, 0.2) is 24.4 Å². The number of amides is 1. The molecule has 3 rings (SSSR count). The van der Waals surface area contributed by atoms with Crippen LogP contribution in [0.25, 0.3) is 10.9 Å². The first-order chi connectivity index (χ1) is 9.46. The molecule has 7 heteroatoms. The third kappa shape index (κ3) is 2.29. The maximum absolute atomic E-state index is 12.4. The first-order valence-corrected chi connectivity index (χ1v) is 8.19. The predicted octanol–water partition coefficient (Wildman–Crippen LogP) is 0.822. The van der Waals surface area contributed by atoms with Crippen LogP contribution in [-0.2, 0) is 9.84 Å². The molecule has 0 aliphatic carbocycles. The molecule has 1 unspecified atom stereocenters. The van der Waals surface area contributed by atoms with Crippen LogP contribution in [0, 0.1) is 0 Å². The zero-order valence-electron chi connectivity index (χ0n) is 11.0. The zero-order valence-corrected chi connectivity index (χ0v) is 11.9. The SMILES string of the molecule is CN(C(=O)c1ccc2cn[nH]c2c1)C1CCS(=O)(=O)C1. The molecule has 0 saturated carbocycles. The van der Waals surface area contributed by atoms with E-state index < -0.39 is 9.84 Å². The van der Waals surface area contributed by atoms with E-state index in [-0.39, 0.29) is 23.5 Å². The Bertz CT molecular complexity index is 766. The summed E-state index contributed by atoms with van der Waals surface area (Å²) in [4.78, 5) is 13.9. The fourth-order valence-corrected chi connectivity index (χ4v) is 4.29. The van der Waals surface area contributed by atoms with E-state index in [1.54, 1.807) is 25.4 Å². The van der Waals surface area contributed by atoms with Crippen LogP contribution in [0.1, 0.15) is 16.8 Å². The molecule has 6 nitrogen and oxygen atoms in total. The summed E-state index contributed by atoms with van der Waals surface area (Å²) in [7, 11) is -1.33. The van der Waals surface area contributed by atoms with E-state index in [4.69, 9.17) is 0 Å². The van der Waals surface area contributed by atoms with Crippen molar-refractivity contribution in [2.45, 2.75) is 12.5 Å². The molecule has 0 bridgehead atoms. The van der Waals surface area contributed by atoms with Crippen LogP contribution in [0.2, 0.25) is 0 Å². The van der Waals surface area contributed by atoms with Crippen molar-refractivity contribution in [3.05, 3.63) is 30.0 Å². The lowest BCUT2D eigenvalue weighted by atomic mass is 10.1. The lowest BCUT2D eigenvalue weighted by Crippen LogP contribution is -2.37. The topological polar surface area (TPSA) is 83.1 Å². The van der Waals surface area contributed by atoms with E-state index in [9.17, 15) is 13.2 Å². The third-order valence-electron chi connectivity index (χ3n) is 3.77. The molecule has 1 amide bonds. The zero-order chi connectivity index (χ0) is 14.3. The highest BCUT2D eigenvalue weighted by Gasteiger charge is 2.33. The average Bonchev–Trinajstić information content (AvgIpc) is 3.02. The molecule has 106 valence electrons. The Hall–Kier alpha value is -1.89. The number of nitrogens with zero attached hydrogens (tertiary/aromatic N) is 2. The summed E-state index contributed by atoms with van der Waals surface area (Å²) < 4.78 is 23.0. The van der Waals surface area contributed by atoms with Crippen molar-refractivity contribution in [2.75, 3.05) is 18.6 Å². The van der Waals surface area contributed by atoms with Gasteiger partial charge in [0.1, 0.15) is 0 Å². The number of aromatic amines is 1. The van der Waals surface area contributed by atoms with Gasteiger partial charge in [-0.2, -0.15) is 5.10 Å². The van der Waals surface area contributed by atoms with E-state index >= 15 is 0 Å². The van der Waals surface area contributed by atoms with Crippen molar-refractivity contribution < 1.29 is 13.2 Å². The van der Waals surface area contributed by atoms with Gasteiger partial charge in [-0.15, -0.1) is 0 Å². The molecule has 1 aliphatic heterocycles. The van der Waals surface area contributed by atoms with Gasteiger partial charge in [-0.3, -0.25) is 9.89 Å². The van der Waals surface area contributed by atoms with Crippen molar-refractivity contribution in [1.29, 1.82) is 0 Å². The van der Waals surface area contributed by atoms with Crippen LogP contribution in [0.4, 0.5) is 0 Å². The van der Waals surface area contributed by atoms with E-state index in [0.717, 1.165) is 10.9 Å². The summed E-state index contributed by atoms with van der Waals surface area (Å²) in [6, 6.07) is 5.07.